The lowest BCUT2D eigenvalue weighted by Gasteiger charge is -2.11. The smallest absolute Gasteiger partial charge is 0.164 e. The van der Waals surface area contributed by atoms with E-state index in [4.69, 9.17) is 19.4 Å². The van der Waals surface area contributed by atoms with Gasteiger partial charge in [-0.3, -0.25) is 4.98 Å². The number of para-hydroxylation sites is 1. The molecule has 38 heavy (non-hydrogen) atoms. The number of benzene rings is 4. The maximum atomic E-state index is 6.14. The van der Waals surface area contributed by atoms with Gasteiger partial charge in [-0.1, -0.05) is 76.6 Å². The van der Waals surface area contributed by atoms with Gasteiger partial charge in [-0.2, -0.15) is 0 Å². The van der Waals surface area contributed by atoms with Crippen LogP contribution in [0.3, 0.4) is 0 Å². The molecule has 0 atom stereocenters. The minimum absolute atomic E-state index is 0.593. The van der Waals surface area contributed by atoms with Crippen molar-refractivity contribution in [1.82, 2.24) is 19.9 Å². The Kier molecular flexibility index (Phi) is 5.52. The Morgan fingerprint density at radius 2 is 1.21 bits per heavy atom. The van der Waals surface area contributed by atoms with Gasteiger partial charge >= 0.3 is 0 Å². The predicted octanol–water partition coefficient (Wildman–Crippen LogP) is 8.60. The lowest BCUT2D eigenvalue weighted by atomic mass is 10.0. The van der Waals surface area contributed by atoms with E-state index in [1.807, 2.05) is 84.9 Å². The summed E-state index contributed by atoms with van der Waals surface area (Å²) in [6.07, 6.45) is 3.58. The Bertz CT molecular complexity index is 1930. The van der Waals surface area contributed by atoms with Crippen molar-refractivity contribution in [3.05, 3.63) is 120 Å². The highest BCUT2D eigenvalue weighted by Gasteiger charge is 2.18. The van der Waals surface area contributed by atoms with E-state index in [1.165, 1.54) is 0 Å². The molecule has 0 unspecified atom stereocenters. The van der Waals surface area contributed by atoms with E-state index in [2.05, 4.69) is 39.1 Å². The van der Waals surface area contributed by atoms with Crippen LogP contribution in [0.1, 0.15) is 0 Å². The Labute approximate surface area is 227 Å². The van der Waals surface area contributed by atoms with Crippen LogP contribution < -0.4 is 0 Å². The number of hydrogen-bond donors (Lipinski definition) is 0. The fraction of sp³-hybridized carbons (Fsp3) is 0. The molecule has 7 aromatic rings. The quantitative estimate of drug-likeness (QED) is 0.218. The summed E-state index contributed by atoms with van der Waals surface area (Å²) in [6.45, 7) is 0. The first-order valence-corrected chi connectivity index (χ1v) is 13.0. The van der Waals surface area contributed by atoms with Gasteiger partial charge in [0, 0.05) is 44.3 Å². The van der Waals surface area contributed by atoms with Crippen LogP contribution in [-0.4, -0.2) is 19.9 Å². The molecule has 7 rings (SSSR count). The summed E-state index contributed by atoms with van der Waals surface area (Å²) in [5.74, 6) is 1.80. The molecule has 3 heterocycles. The summed E-state index contributed by atoms with van der Waals surface area (Å²) >= 11 is 3.69. The number of fused-ring (bicyclic) bond motifs is 3. The van der Waals surface area contributed by atoms with Crippen molar-refractivity contribution in [2.75, 3.05) is 0 Å². The molecule has 0 aliphatic heterocycles. The Morgan fingerprint density at radius 3 is 2.05 bits per heavy atom. The van der Waals surface area contributed by atoms with E-state index in [1.54, 1.807) is 12.4 Å². The van der Waals surface area contributed by atoms with Crippen LogP contribution in [0.15, 0.2) is 124 Å². The molecule has 0 aliphatic carbocycles. The molecule has 3 aromatic heterocycles. The van der Waals surface area contributed by atoms with Crippen molar-refractivity contribution in [1.29, 1.82) is 0 Å². The summed E-state index contributed by atoms with van der Waals surface area (Å²) in [5.41, 5.74) is 6.45. The molecule has 0 spiro atoms. The van der Waals surface area contributed by atoms with Crippen LogP contribution in [0, 0.1) is 0 Å². The van der Waals surface area contributed by atoms with Gasteiger partial charge in [-0.25, -0.2) is 15.0 Å². The number of halogens is 1. The second-order valence-electron chi connectivity index (χ2n) is 8.91. The van der Waals surface area contributed by atoms with E-state index in [-0.39, 0.29) is 0 Å². The topological polar surface area (TPSA) is 64.7 Å². The minimum atomic E-state index is 0.593. The van der Waals surface area contributed by atoms with Crippen LogP contribution in [0.2, 0.25) is 0 Å². The third-order valence-electron chi connectivity index (χ3n) is 6.48. The number of furan rings is 1. The SMILES string of the molecule is Brc1cc(-c2ccncc2)cc(-c2nc(-c3ccccc3)nc(-c3cccc4oc5ccccc5c34)n2)c1. The van der Waals surface area contributed by atoms with Crippen molar-refractivity contribution in [2.45, 2.75) is 0 Å². The Morgan fingerprint density at radius 1 is 0.526 bits per heavy atom. The van der Waals surface area contributed by atoms with Gasteiger partial charge < -0.3 is 4.42 Å². The second kappa shape index (κ2) is 9.32. The van der Waals surface area contributed by atoms with E-state index >= 15 is 0 Å². The van der Waals surface area contributed by atoms with Crippen LogP contribution in [-0.2, 0) is 0 Å². The van der Waals surface area contributed by atoms with Gasteiger partial charge in [-0.05, 0) is 53.6 Å². The number of hydrogen-bond acceptors (Lipinski definition) is 5. The van der Waals surface area contributed by atoms with Crippen molar-refractivity contribution in [3.63, 3.8) is 0 Å². The normalized spacial score (nSPS) is 11.3. The molecule has 180 valence electrons. The molecule has 0 aliphatic rings. The molecule has 0 N–H and O–H groups in total. The molecule has 0 bridgehead atoms. The van der Waals surface area contributed by atoms with Gasteiger partial charge in [0.05, 0.1) is 0 Å². The summed E-state index contributed by atoms with van der Waals surface area (Å²) < 4.78 is 7.08. The zero-order chi connectivity index (χ0) is 25.5. The molecular weight excluding hydrogens is 536 g/mol. The molecule has 5 nitrogen and oxygen atoms in total. The van der Waals surface area contributed by atoms with Gasteiger partial charge in [0.2, 0.25) is 0 Å². The summed E-state index contributed by atoms with van der Waals surface area (Å²) in [5, 5.41) is 2.02. The lowest BCUT2D eigenvalue weighted by molar-refractivity contribution is 0.669. The molecule has 4 aromatic carbocycles. The van der Waals surface area contributed by atoms with E-state index in [0.29, 0.717) is 17.5 Å². The fourth-order valence-corrected chi connectivity index (χ4v) is 5.23. The summed E-state index contributed by atoms with van der Waals surface area (Å²) in [6, 6.07) is 34.2. The largest absolute Gasteiger partial charge is 0.456 e. The first-order valence-electron chi connectivity index (χ1n) is 12.2. The Balaban J connectivity index is 1.49. The standard InChI is InChI=1S/C32H19BrN4O/c33-24-18-22(20-13-15-34-16-14-20)17-23(19-24)31-35-30(21-7-2-1-3-8-21)36-32(37-31)26-10-6-12-28-29(26)25-9-4-5-11-27(25)38-28/h1-19H. The van der Waals surface area contributed by atoms with Crippen LogP contribution in [0.5, 0.6) is 0 Å². The van der Waals surface area contributed by atoms with Crippen molar-refractivity contribution < 1.29 is 4.42 Å². The average Bonchev–Trinajstić information content (AvgIpc) is 3.36. The highest BCUT2D eigenvalue weighted by Crippen LogP contribution is 2.37. The maximum absolute atomic E-state index is 6.14. The average molecular weight is 555 g/mol. The van der Waals surface area contributed by atoms with Gasteiger partial charge in [0.1, 0.15) is 11.2 Å². The molecule has 0 saturated carbocycles. The Hall–Kier alpha value is -4.68. The number of rotatable bonds is 4. The number of aromatic nitrogens is 4. The van der Waals surface area contributed by atoms with Crippen molar-refractivity contribution >= 4 is 37.9 Å². The van der Waals surface area contributed by atoms with Crippen LogP contribution in [0.4, 0.5) is 0 Å². The first-order chi connectivity index (χ1) is 18.7. The summed E-state index contributed by atoms with van der Waals surface area (Å²) in [7, 11) is 0. The zero-order valence-electron chi connectivity index (χ0n) is 20.0. The van der Waals surface area contributed by atoms with E-state index < -0.39 is 0 Å². The molecule has 0 saturated heterocycles. The highest BCUT2D eigenvalue weighted by molar-refractivity contribution is 9.10. The van der Waals surface area contributed by atoms with E-state index in [0.717, 1.165) is 54.2 Å². The number of pyridine rings is 1. The van der Waals surface area contributed by atoms with Crippen LogP contribution in [0.25, 0.3) is 67.2 Å². The molecule has 0 fully saturated rings. The van der Waals surface area contributed by atoms with Crippen molar-refractivity contribution in [3.8, 4) is 45.3 Å². The monoisotopic (exact) mass is 554 g/mol. The zero-order valence-corrected chi connectivity index (χ0v) is 21.6. The maximum Gasteiger partial charge on any atom is 0.164 e. The highest BCUT2D eigenvalue weighted by atomic mass is 79.9. The van der Waals surface area contributed by atoms with Gasteiger partial charge in [0.25, 0.3) is 0 Å². The van der Waals surface area contributed by atoms with E-state index in [9.17, 15) is 0 Å². The van der Waals surface area contributed by atoms with Crippen LogP contribution >= 0.6 is 15.9 Å². The molecule has 0 radical (unpaired) electrons. The third-order valence-corrected chi connectivity index (χ3v) is 6.94. The number of nitrogens with zero attached hydrogens (tertiary/aromatic N) is 4. The molecule has 0 amide bonds. The first kappa shape index (κ1) is 22.5. The fourth-order valence-electron chi connectivity index (χ4n) is 4.73. The second-order valence-corrected chi connectivity index (χ2v) is 9.83. The third kappa shape index (κ3) is 4.05. The van der Waals surface area contributed by atoms with Gasteiger partial charge in [-0.15, -0.1) is 0 Å². The summed E-state index contributed by atoms with van der Waals surface area (Å²) in [4.78, 5) is 19.1. The predicted molar refractivity (Wildman–Crippen MR) is 154 cm³/mol. The van der Waals surface area contributed by atoms with Gasteiger partial charge in [0.15, 0.2) is 17.5 Å². The van der Waals surface area contributed by atoms with Crippen molar-refractivity contribution in [2.24, 2.45) is 0 Å². The lowest BCUT2D eigenvalue weighted by Crippen LogP contribution is -2.00. The minimum Gasteiger partial charge on any atom is -0.456 e. The molecule has 6 heteroatoms. The molecular formula is C32H19BrN4O.